The predicted molar refractivity (Wildman–Crippen MR) is 66.3 cm³/mol. The van der Waals surface area contributed by atoms with E-state index >= 15 is 0 Å². The molecule has 92 valence electrons. The number of carbonyl (C=O) groups excluding carboxylic acids is 1. The molecule has 1 aliphatic heterocycles. The Morgan fingerprint density at radius 3 is 2.94 bits per heavy atom. The number of ether oxygens (including phenoxy) is 2. The van der Waals surface area contributed by atoms with Crippen molar-refractivity contribution in [3.63, 3.8) is 0 Å². The molecule has 0 aliphatic carbocycles. The Bertz CT molecular complexity index is 590. The Morgan fingerprint density at radius 1 is 1.28 bits per heavy atom. The lowest BCUT2D eigenvalue weighted by atomic mass is 10.1. The molecule has 0 fully saturated rings. The molecule has 1 aromatic heterocycles. The first kappa shape index (κ1) is 11.3. The fourth-order valence-electron chi connectivity index (χ4n) is 1.89. The maximum absolute atomic E-state index is 10.9. The quantitative estimate of drug-likeness (QED) is 0.863. The minimum absolute atomic E-state index is 0.202. The van der Waals surface area contributed by atoms with E-state index < -0.39 is 6.10 Å². The largest absolute Gasteiger partial charge is 0.454 e. The molecule has 2 heterocycles. The van der Waals surface area contributed by atoms with Crippen LogP contribution in [0.15, 0.2) is 29.6 Å². The molecule has 5 heteroatoms. The number of aliphatic hydroxyl groups excluding tert-OH is 1. The molecule has 1 atom stereocenters. The predicted octanol–water partition coefficient (Wildman–Crippen LogP) is 2.37. The minimum atomic E-state index is -0.820. The fraction of sp³-hybridized carbons (Fsp3) is 0.154. The lowest BCUT2D eigenvalue weighted by Crippen LogP contribution is -2.00. The number of fused-ring (bicyclic) bond motifs is 1. The maximum atomic E-state index is 10.9. The normalized spacial score (nSPS) is 14.5. The zero-order valence-corrected chi connectivity index (χ0v) is 10.1. The molecule has 18 heavy (non-hydrogen) atoms. The summed E-state index contributed by atoms with van der Waals surface area (Å²) in [5.74, 6) is 1.29. The number of carbonyl (C=O) groups is 1. The second-order valence-corrected chi connectivity index (χ2v) is 4.82. The van der Waals surface area contributed by atoms with Crippen LogP contribution in [0.3, 0.4) is 0 Å². The van der Waals surface area contributed by atoms with E-state index in [0.29, 0.717) is 27.5 Å². The van der Waals surface area contributed by atoms with Gasteiger partial charge in [-0.1, -0.05) is 6.07 Å². The zero-order chi connectivity index (χ0) is 12.5. The molecule has 0 saturated heterocycles. The van der Waals surface area contributed by atoms with Crippen molar-refractivity contribution in [1.82, 2.24) is 0 Å². The lowest BCUT2D eigenvalue weighted by Gasteiger charge is -2.10. The van der Waals surface area contributed by atoms with Crippen LogP contribution in [0, 0.1) is 0 Å². The zero-order valence-electron chi connectivity index (χ0n) is 9.33. The van der Waals surface area contributed by atoms with Gasteiger partial charge < -0.3 is 14.6 Å². The van der Waals surface area contributed by atoms with Crippen LogP contribution in [0.4, 0.5) is 0 Å². The van der Waals surface area contributed by atoms with Crippen LogP contribution in [-0.2, 0) is 0 Å². The van der Waals surface area contributed by atoms with Crippen molar-refractivity contribution in [3.05, 3.63) is 45.6 Å². The topological polar surface area (TPSA) is 55.8 Å². The third-order valence-corrected chi connectivity index (χ3v) is 3.80. The van der Waals surface area contributed by atoms with Crippen molar-refractivity contribution >= 4 is 17.6 Å². The van der Waals surface area contributed by atoms with Crippen molar-refractivity contribution in [3.8, 4) is 11.5 Å². The van der Waals surface area contributed by atoms with Crippen LogP contribution in [-0.4, -0.2) is 18.2 Å². The number of rotatable bonds is 3. The number of aliphatic hydroxyl groups is 1. The van der Waals surface area contributed by atoms with Gasteiger partial charge in [0, 0.05) is 10.4 Å². The smallest absolute Gasteiger partial charge is 0.231 e. The van der Waals surface area contributed by atoms with Gasteiger partial charge in [-0.25, -0.2) is 0 Å². The van der Waals surface area contributed by atoms with Gasteiger partial charge in [-0.05, 0) is 29.1 Å². The highest BCUT2D eigenvalue weighted by atomic mass is 32.1. The summed E-state index contributed by atoms with van der Waals surface area (Å²) in [5, 5.41) is 12.1. The van der Waals surface area contributed by atoms with E-state index in [1.165, 1.54) is 11.3 Å². The molecule has 4 nitrogen and oxygen atoms in total. The minimum Gasteiger partial charge on any atom is -0.454 e. The Hall–Kier alpha value is -1.85. The third-order valence-electron chi connectivity index (χ3n) is 2.81. The van der Waals surface area contributed by atoms with E-state index in [0.717, 1.165) is 6.29 Å². The van der Waals surface area contributed by atoms with E-state index in [1.54, 1.807) is 29.6 Å². The highest BCUT2D eigenvalue weighted by Crippen LogP contribution is 2.37. The van der Waals surface area contributed by atoms with E-state index in [4.69, 9.17) is 9.47 Å². The van der Waals surface area contributed by atoms with Gasteiger partial charge >= 0.3 is 0 Å². The molecular formula is C13H10O4S. The van der Waals surface area contributed by atoms with Gasteiger partial charge in [-0.3, -0.25) is 4.79 Å². The molecule has 1 aromatic carbocycles. The van der Waals surface area contributed by atoms with Crippen LogP contribution < -0.4 is 9.47 Å². The lowest BCUT2D eigenvalue weighted by molar-refractivity contribution is 0.111. The van der Waals surface area contributed by atoms with Gasteiger partial charge in [-0.2, -0.15) is 0 Å². The van der Waals surface area contributed by atoms with Crippen LogP contribution in [0.25, 0.3) is 0 Å². The Labute approximate surface area is 107 Å². The molecule has 1 unspecified atom stereocenters. The molecular weight excluding hydrogens is 252 g/mol. The molecule has 0 saturated carbocycles. The standard InChI is InChI=1S/C13H10O4S/c14-6-9-3-4-18-13(9)12(15)8-1-2-10-11(5-8)17-7-16-10/h1-6,12,15H,7H2. The third kappa shape index (κ3) is 1.77. The molecule has 1 N–H and O–H groups in total. The Morgan fingerprint density at radius 2 is 2.11 bits per heavy atom. The van der Waals surface area contributed by atoms with E-state index in [-0.39, 0.29) is 6.79 Å². The van der Waals surface area contributed by atoms with Crippen LogP contribution in [0.1, 0.15) is 26.9 Å². The van der Waals surface area contributed by atoms with Gasteiger partial charge in [0.1, 0.15) is 6.10 Å². The molecule has 1 aliphatic rings. The van der Waals surface area contributed by atoms with Gasteiger partial charge in [0.05, 0.1) is 0 Å². The average Bonchev–Trinajstić information content (AvgIpc) is 3.05. The Kier molecular flexibility index (Phi) is 2.77. The van der Waals surface area contributed by atoms with Crippen molar-refractivity contribution in [2.75, 3.05) is 6.79 Å². The Balaban J connectivity index is 1.97. The molecule has 3 rings (SSSR count). The summed E-state index contributed by atoms with van der Waals surface area (Å²) in [5.41, 5.74) is 1.20. The first-order valence-corrected chi connectivity index (χ1v) is 6.28. The molecule has 0 amide bonds. The number of hydrogen-bond donors (Lipinski definition) is 1. The van der Waals surface area contributed by atoms with Crippen molar-refractivity contribution in [1.29, 1.82) is 0 Å². The summed E-state index contributed by atoms with van der Waals surface area (Å²) < 4.78 is 10.5. The summed E-state index contributed by atoms with van der Waals surface area (Å²) in [6, 6.07) is 6.96. The summed E-state index contributed by atoms with van der Waals surface area (Å²) >= 11 is 1.36. The first-order chi connectivity index (χ1) is 8.79. The average molecular weight is 262 g/mol. The number of thiophene rings is 1. The first-order valence-electron chi connectivity index (χ1n) is 5.40. The van der Waals surface area contributed by atoms with Crippen molar-refractivity contribution < 1.29 is 19.4 Å². The SMILES string of the molecule is O=Cc1ccsc1C(O)c1ccc2c(c1)OCO2. The second kappa shape index (κ2) is 4.44. The number of benzene rings is 1. The van der Waals surface area contributed by atoms with E-state index in [2.05, 4.69) is 0 Å². The van der Waals surface area contributed by atoms with Gasteiger partial charge in [-0.15, -0.1) is 11.3 Å². The molecule has 2 aromatic rings. The van der Waals surface area contributed by atoms with Gasteiger partial charge in [0.15, 0.2) is 17.8 Å². The van der Waals surface area contributed by atoms with Crippen LogP contribution >= 0.6 is 11.3 Å². The molecule has 0 spiro atoms. The monoisotopic (exact) mass is 262 g/mol. The maximum Gasteiger partial charge on any atom is 0.231 e. The highest BCUT2D eigenvalue weighted by molar-refractivity contribution is 7.10. The van der Waals surface area contributed by atoms with Crippen molar-refractivity contribution in [2.45, 2.75) is 6.10 Å². The fourth-order valence-corrected chi connectivity index (χ4v) is 2.76. The van der Waals surface area contributed by atoms with E-state index in [9.17, 15) is 9.90 Å². The molecule has 0 radical (unpaired) electrons. The van der Waals surface area contributed by atoms with Gasteiger partial charge in [0.25, 0.3) is 0 Å². The summed E-state index contributed by atoms with van der Waals surface area (Å²) in [4.78, 5) is 11.5. The summed E-state index contributed by atoms with van der Waals surface area (Å²) in [7, 11) is 0. The van der Waals surface area contributed by atoms with Crippen molar-refractivity contribution in [2.24, 2.45) is 0 Å². The highest BCUT2D eigenvalue weighted by Gasteiger charge is 2.20. The van der Waals surface area contributed by atoms with E-state index in [1.807, 2.05) is 0 Å². The number of aldehydes is 1. The van der Waals surface area contributed by atoms with Gasteiger partial charge in [0.2, 0.25) is 6.79 Å². The summed E-state index contributed by atoms with van der Waals surface area (Å²) in [6.45, 7) is 0.202. The van der Waals surface area contributed by atoms with Crippen LogP contribution in [0.5, 0.6) is 11.5 Å². The van der Waals surface area contributed by atoms with Crippen LogP contribution in [0.2, 0.25) is 0 Å². The summed E-state index contributed by atoms with van der Waals surface area (Å²) in [6.07, 6.45) is -0.0677. The second-order valence-electron chi connectivity index (χ2n) is 3.87. The molecule has 0 bridgehead atoms. The number of hydrogen-bond acceptors (Lipinski definition) is 5.